The minimum Gasteiger partial charge on any atom is -0.465 e. The van der Waals surface area contributed by atoms with Crippen molar-refractivity contribution < 1.29 is 17.9 Å². The lowest BCUT2D eigenvalue weighted by Gasteiger charge is -2.04. The Hall–Kier alpha value is -1.40. The Labute approximate surface area is 93.1 Å². The van der Waals surface area contributed by atoms with Crippen LogP contribution in [0.4, 0.5) is 0 Å². The Morgan fingerprint density at radius 3 is 2.81 bits per heavy atom. The lowest BCUT2D eigenvalue weighted by Crippen LogP contribution is -2.11. The highest BCUT2D eigenvalue weighted by Crippen LogP contribution is 2.32. The van der Waals surface area contributed by atoms with Gasteiger partial charge in [-0.25, -0.2) is 13.2 Å². The lowest BCUT2D eigenvalue weighted by molar-refractivity contribution is 0.0600. The first-order chi connectivity index (χ1) is 7.45. The highest BCUT2D eigenvalue weighted by molar-refractivity contribution is 7.91. The molecule has 0 aromatic heterocycles. The Balaban J connectivity index is 2.59. The molecule has 0 bridgehead atoms. The van der Waals surface area contributed by atoms with Crippen molar-refractivity contribution in [1.82, 2.24) is 0 Å². The molecule has 2 N–H and O–H groups in total. The first-order valence-corrected chi connectivity index (χ1v) is 6.31. The molecule has 86 valence electrons. The average Bonchev–Trinajstić information content (AvgIpc) is 2.48. The number of ether oxygens (including phenoxy) is 1. The van der Waals surface area contributed by atoms with Crippen molar-refractivity contribution in [1.29, 1.82) is 0 Å². The summed E-state index contributed by atoms with van der Waals surface area (Å²) in [5, 5.41) is 0. The maximum Gasteiger partial charge on any atom is 0.337 e. The number of nitrogens with two attached hydrogens (primary N) is 1. The molecule has 16 heavy (non-hydrogen) atoms. The van der Waals surface area contributed by atoms with E-state index < -0.39 is 21.8 Å². The minimum atomic E-state index is -3.35. The molecule has 0 radical (unpaired) electrons. The number of fused-ring (bicyclic) bond motifs is 1. The summed E-state index contributed by atoms with van der Waals surface area (Å²) in [6.07, 6.45) is 0. The fourth-order valence-electron chi connectivity index (χ4n) is 1.77. The van der Waals surface area contributed by atoms with Gasteiger partial charge in [0.1, 0.15) is 0 Å². The fraction of sp³-hybridized carbons (Fsp3) is 0.300. The molecule has 1 heterocycles. The summed E-state index contributed by atoms with van der Waals surface area (Å²) in [6.45, 7) is 0. The largest absolute Gasteiger partial charge is 0.465 e. The van der Waals surface area contributed by atoms with Crippen molar-refractivity contribution >= 4 is 15.8 Å². The number of carbonyl (C=O) groups excluding carboxylic acids is 1. The van der Waals surface area contributed by atoms with Gasteiger partial charge in [0, 0.05) is 6.04 Å². The number of esters is 1. The third-order valence-corrected chi connectivity index (χ3v) is 4.39. The van der Waals surface area contributed by atoms with Crippen LogP contribution in [0.1, 0.15) is 22.0 Å². The SMILES string of the molecule is COC(=O)c1ccc2c(c1)S(=O)(=O)CC2N. The maximum absolute atomic E-state index is 11.7. The third kappa shape index (κ3) is 1.60. The van der Waals surface area contributed by atoms with Crippen LogP contribution in [0.25, 0.3) is 0 Å². The summed E-state index contributed by atoms with van der Waals surface area (Å²) in [6, 6.07) is 3.90. The minimum absolute atomic E-state index is 0.104. The molecule has 0 fully saturated rings. The zero-order chi connectivity index (χ0) is 11.9. The van der Waals surface area contributed by atoms with E-state index in [2.05, 4.69) is 4.74 Å². The summed E-state index contributed by atoms with van der Waals surface area (Å²) in [7, 11) is -2.11. The van der Waals surface area contributed by atoms with Crippen LogP contribution >= 0.6 is 0 Å². The summed E-state index contributed by atoms with van der Waals surface area (Å²) in [4.78, 5) is 11.4. The van der Waals surface area contributed by atoms with Gasteiger partial charge in [-0.05, 0) is 17.7 Å². The Bertz CT molecular complexity index is 550. The van der Waals surface area contributed by atoms with Crippen molar-refractivity contribution in [2.45, 2.75) is 10.9 Å². The molecular formula is C10H11NO4S. The van der Waals surface area contributed by atoms with Crippen LogP contribution < -0.4 is 5.73 Å². The molecule has 0 saturated heterocycles. The van der Waals surface area contributed by atoms with E-state index >= 15 is 0 Å². The number of hydrogen-bond donors (Lipinski definition) is 1. The molecule has 1 unspecified atom stereocenters. The van der Waals surface area contributed by atoms with Gasteiger partial charge in [0.25, 0.3) is 0 Å². The Morgan fingerprint density at radius 1 is 1.50 bits per heavy atom. The molecule has 1 aromatic rings. The number of benzene rings is 1. The monoisotopic (exact) mass is 241 g/mol. The zero-order valence-corrected chi connectivity index (χ0v) is 9.45. The van der Waals surface area contributed by atoms with Gasteiger partial charge in [-0.1, -0.05) is 6.07 Å². The van der Waals surface area contributed by atoms with E-state index in [9.17, 15) is 13.2 Å². The normalized spacial score (nSPS) is 21.5. The highest BCUT2D eigenvalue weighted by Gasteiger charge is 2.33. The van der Waals surface area contributed by atoms with Crippen molar-refractivity contribution in [3.63, 3.8) is 0 Å². The van der Waals surface area contributed by atoms with E-state index in [1.54, 1.807) is 6.07 Å². The number of rotatable bonds is 1. The number of methoxy groups -OCH3 is 1. The van der Waals surface area contributed by atoms with Crippen LogP contribution in [0.2, 0.25) is 0 Å². The Morgan fingerprint density at radius 2 is 2.19 bits per heavy atom. The van der Waals surface area contributed by atoms with Crippen LogP contribution in [-0.4, -0.2) is 27.2 Å². The van der Waals surface area contributed by atoms with Crippen molar-refractivity contribution in [3.8, 4) is 0 Å². The molecule has 0 spiro atoms. The second kappa shape index (κ2) is 3.57. The smallest absolute Gasteiger partial charge is 0.337 e. The summed E-state index contributed by atoms with van der Waals surface area (Å²) in [5.74, 6) is -0.661. The highest BCUT2D eigenvalue weighted by atomic mass is 32.2. The molecule has 6 heteroatoms. The van der Waals surface area contributed by atoms with Crippen LogP contribution in [0.15, 0.2) is 23.1 Å². The topological polar surface area (TPSA) is 86.5 Å². The molecule has 2 rings (SSSR count). The van der Waals surface area contributed by atoms with E-state index in [4.69, 9.17) is 5.73 Å². The van der Waals surface area contributed by atoms with Crippen LogP contribution in [0.5, 0.6) is 0 Å². The molecule has 5 nitrogen and oxygen atoms in total. The summed E-state index contributed by atoms with van der Waals surface area (Å²) < 4.78 is 27.9. The lowest BCUT2D eigenvalue weighted by atomic mass is 10.1. The zero-order valence-electron chi connectivity index (χ0n) is 8.64. The van der Waals surface area contributed by atoms with Crippen molar-refractivity contribution in [2.24, 2.45) is 5.73 Å². The predicted octanol–water partition coefficient (Wildman–Crippen LogP) is 0.260. The molecule has 1 aromatic carbocycles. The standard InChI is InChI=1S/C10H11NO4S/c1-15-10(12)6-2-3-7-8(11)5-16(13,14)9(7)4-6/h2-4,8H,5,11H2,1H3. The summed E-state index contributed by atoms with van der Waals surface area (Å²) >= 11 is 0. The van der Waals surface area contributed by atoms with E-state index in [0.717, 1.165) is 0 Å². The molecule has 1 aliphatic rings. The van der Waals surface area contributed by atoms with Gasteiger partial charge in [-0.15, -0.1) is 0 Å². The predicted molar refractivity (Wildman–Crippen MR) is 56.8 cm³/mol. The van der Waals surface area contributed by atoms with Gasteiger partial charge in [-0.2, -0.15) is 0 Å². The van der Waals surface area contributed by atoms with Gasteiger partial charge in [0.05, 0.1) is 23.3 Å². The van der Waals surface area contributed by atoms with E-state index in [1.807, 2.05) is 0 Å². The first-order valence-electron chi connectivity index (χ1n) is 4.66. The van der Waals surface area contributed by atoms with E-state index in [0.29, 0.717) is 5.56 Å². The number of carbonyl (C=O) groups is 1. The fourth-order valence-corrected chi connectivity index (χ4v) is 3.49. The second-order valence-corrected chi connectivity index (χ2v) is 5.63. The van der Waals surface area contributed by atoms with Gasteiger partial charge < -0.3 is 10.5 Å². The van der Waals surface area contributed by atoms with Crippen LogP contribution in [0, 0.1) is 0 Å². The second-order valence-electron chi connectivity index (χ2n) is 3.63. The number of hydrogen-bond acceptors (Lipinski definition) is 5. The molecule has 1 atom stereocenters. The molecule has 0 aliphatic carbocycles. The van der Waals surface area contributed by atoms with Gasteiger partial charge >= 0.3 is 5.97 Å². The average molecular weight is 241 g/mol. The van der Waals surface area contributed by atoms with Crippen molar-refractivity contribution in [2.75, 3.05) is 12.9 Å². The molecule has 0 amide bonds. The van der Waals surface area contributed by atoms with Gasteiger partial charge in [-0.3, -0.25) is 0 Å². The van der Waals surface area contributed by atoms with Crippen molar-refractivity contribution in [3.05, 3.63) is 29.3 Å². The van der Waals surface area contributed by atoms with E-state index in [1.165, 1.54) is 19.2 Å². The first kappa shape index (κ1) is 11.1. The summed E-state index contributed by atoms with van der Waals surface area (Å²) in [5.41, 5.74) is 6.47. The van der Waals surface area contributed by atoms with Gasteiger partial charge in [0.15, 0.2) is 9.84 Å². The van der Waals surface area contributed by atoms with Gasteiger partial charge in [0.2, 0.25) is 0 Å². The Kier molecular flexibility index (Phi) is 2.47. The molecular weight excluding hydrogens is 230 g/mol. The third-order valence-electron chi connectivity index (χ3n) is 2.57. The van der Waals surface area contributed by atoms with Crippen LogP contribution in [0.3, 0.4) is 0 Å². The molecule has 0 saturated carbocycles. The number of sulfone groups is 1. The molecule has 1 aliphatic heterocycles. The van der Waals surface area contributed by atoms with E-state index in [-0.39, 0.29) is 16.2 Å². The quantitative estimate of drug-likeness (QED) is 0.713. The van der Waals surface area contributed by atoms with Crippen LogP contribution in [-0.2, 0) is 14.6 Å². The maximum atomic E-state index is 11.7.